The Balaban J connectivity index is 2.56. The molecule has 1 aliphatic carbocycles. The van der Waals surface area contributed by atoms with Gasteiger partial charge in [0, 0.05) is 28.7 Å². The molecule has 0 spiro atoms. The number of hydrogen-bond acceptors (Lipinski definition) is 2. The lowest BCUT2D eigenvalue weighted by Gasteiger charge is -2.43. The van der Waals surface area contributed by atoms with Crippen LogP contribution in [0.4, 0.5) is 4.79 Å². The molecule has 1 aromatic rings. The van der Waals surface area contributed by atoms with Crippen molar-refractivity contribution in [3.63, 3.8) is 0 Å². The van der Waals surface area contributed by atoms with E-state index in [2.05, 4.69) is 36.4 Å². The molecule has 0 radical (unpaired) electrons. The first-order valence-electron chi connectivity index (χ1n) is 7.24. The van der Waals surface area contributed by atoms with Crippen LogP contribution in [0.25, 0.3) is 0 Å². The maximum absolute atomic E-state index is 11.9. The largest absolute Gasteiger partial charge is 0.465 e. The predicted octanol–water partition coefficient (Wildman–Crippen LogP) is 4.28. The van der Waals surface area contributed by atoms with E-state index in [4.69, 9.17) is 4.74 Å². The molecule has 5 heteroatoms. The Bertz CT molecular complexity index is 516. The van der Waals surface area contributed by atoms with Crippen molar-refractivity contribution >= 4 is 28.7 Å². The van der Waals surface area contributed by atoms with Crippen molar-refractivity contribution in [1.29, 1.82) is 0 Å². The molecule has 1 saturated carbocycles. The lowest BCUT2D eigenvalue weighted by Crippen LogP contribution is -2.52. The molecule has 0 unspecified atom stereocenters. The average Bonchev–Trinajstić information content (AvgIpc) is 3.22. The zero-order valence-electron chi connectivity index (χ0n) is 12.7. The van der Waals surface area contributed by atoms with E-state index in [1.54, 1.807) is 7.11 Å². The summed E-state index contributed by atoms with van der Waals surface area (Å²) in [6.45, 7) is 4.19. The van der Waals surface area contributed by atoms with E-state index in [0.29, 0.717) is 12.3 Å². The fourth-order valence-corrected chi connectivity index (χ4v) is 3.71. The molecule has 0 saturated heterocycles. The Morgan fingerprint density at radius 2 is 2.10 bits per heavy atom. The van der Waals surface area contributed by atoms with Gasteiger partial charge in [0.1, 0.15) is 0 Å². The molecular formula is C16H22INO3. The highest BCUT2D eigenvalue weighted by molar-refractivity contribution is 14.1. The number of amides is 1. The number of carboxylic acid groups (broad SMARTS) is 1. The van der Waals surface area contributed by atoms with Crippen molar-refractivity contribution in [1.82, 2.24) is 4.90 Å². The lowest BCUT2D eigenvalue weighted by molar-refractivity contribution is -0.144. The van der Waals surface area contributed by atoms with Crippen LogP contribution < -0.4 is 0 Å². The summed E-state index contributed by atoms with van der Waals surface area (Å²) >= 11 is 2.26. The molecule has 0 aromatic heterocycles. The Kier molecular flexibility index (Phi) is 5.14. The number of benzene rings is 1. The fourth-order valence-electron chi connectivity index (χ4n) is 2.90. The zero-order valence-corrected chi connectivity index (χ0v) is 14.8. The summed E-state index contributed by atoms with van der Waals surface area (Å²) in [7, 11) is 1.61. The first kappa shape index (κ1) is 16.5. The van der Waals surface area contributed by atoms with Gasteiger partial charge in [-0.3, -0.25) is 4.90 Å². The number of halogens is 1. The molecule has 1 fully saturated rings. The van der Waals surface area contributed by atoms with E-state index < -0.39 is 11.8 Å². The van der Waals surface area contributed by atoms with E-state index in [9.17, 15) is 9.90 Å². The molecule has 2 rings (SSSR count). The van der Waals surface area contributed by atoms with Crippen molar-refractivity contribution in [3.05, 3.63) is 33.4 Å². The molecule has 116 valence electrons. The van der Waals surface area contributed by atoms with Crippen LogP contribution in [-0.2, 0) is 10.5 Å². The third-order valence-electron chi connectivity index (χ3n) is 3.82. The van der Waals surface area contributed by atoms with Gasteiger partial charge in [-0.1, -0.05) is 32.0 Å². The molecule has 1 aromatic carbocycles. The maximum Gasteiger partial charge on any atom is 0.410 e. The van der Waals surface area contributed by atoms with Gasteiger partial charge in [0.2, 0.25) is 0 Å². The quantitative estimate of drug-likeness (QED) is 0.570. The van der Waals surface area contributed by atoms with Crippen LogP contribution in [0.5, 0.6) is 0 Å². The summed E-state index contributed by atoms with van der Waals surface area (Å²) in [6, 6.07) is 7.95. The smallest absolute Gasteiger partial charge is 0.410 e. The second kappa shape index (κ2) is 6.52. The second-order valence-electron chi connectivity index (χ2n) is 5.95. The summed E-state index contributed by atoms with van der Waals surface area (Å²) < 4.78 is 6.91. The monoisotopic (exact) mass is 403 g/mol. The van der Waals surface area contributed by atoms with Crippen LogP contribution in [0.2, 0.25) is 0 Å². The standard InChI is InChI=1S/C16H22INO3/c1-11(2)10-16(21-3,13-6-4-5-7-14(13)17)18(15(19)20)12-8-9-12/h4-7,11-12H,8-10H2,1-3H3,(H,19,20)/t16-/m0/s1. The molecule has 0 bridgehead atoms. The Labute approximate surface area is 139 Å². The Hall–Kier alpha value is -0.820. The summed E-state index contributed by atoms with van der Waals surface area (Å²) in [5, 5.41) is 9.76. The molecular weight excluding hydrogens is 381 g/mol. The van der Waals surface area contributed by atoms with Gasteiger partial charge in [-0.05, 0) is 47.4 Å². The lowest BCUT2D eigenvalue weighted by atomic mass is 9.91. The highest BCUT2D eigenvalue weighted by Gasteiger charge is 2.50. The van der Waals surface area contributed by atoms with Gasteiger partial charge >= 0.3 is 6.09 Å². The van der Waals surface area contributed by atoms with Crippen LogP contribution in [0, 0.1) is 9.49 Å². The van der Waals surface area contributed by atoms with Crippen LogP contribution in [-0.4, -0.2) is 29.3 Å². The topological polar surface area (TPSA) is 49.8 Å². The van der Waals surface area contributed by atoms with Gasteiger partial charge in [0.05, 0.1) is 0 Å². The van der Waals surface area contributed by atoms with Gasteiger partial charge < -0.3 is 9.84 Å². The Morgan fingerprint density at radius 3 is 2.52 bits per heavy atom. The summed E-state index contributed by atoms with van der Waals surface area (Å²) in [6.07, 6.45) is 1.57. The highest BCUT2D eigenvalue weighted by atomic mass is 127. The van der Waals surface area contributed by atoms with Gasteiger partial charge in [0.25, 0.3) is 0 Å². The van der Waals surface area contributed by atoms with Crippen LogP contribution >= 0.6 is 22.6 Å². The minimum atomic E-state index is -0.904. The van der Waals surface area contributed by atoms with Gasteiger partial charge in [0.15, 0.2) is 5.72 Å². The van der Waals surface area contributed by atoms with Gasteiger partial charge in [-0.25, -0.2) is 4.79 Å². The zero-order chi connectivity index (χ0) is 15.6. The number of ether oxygens (including phenoxy) is 1. The van der Waals surface area contributed by atoms with E-state index in [-0.39, 0.29) is 6.04 Å². The second-order valence-corrected chi connectivity index (χ2v) is 7.11. The van der Waals surface area contributed by atoms with Crippen molar-refractivity contribution < 1.29 is 14.6 Å². The molecule has 0 aliphatic heterocycles. The molecule has 21 heavy (non-hydrogen) atoms. The summed E-state index contributed by atoms with van der Waals surface area (Å²) in [5.41, 5.74) is 0.0370. The molecule has 1 N–H and O–H groups in total. The molecule has 1 amide bonds. The van der Waals surface area contributed by atoms with Crippen LogP contribution in [0.3, 0.4) is 0 Å². The molecule has 4 nitrogen and oxygen atoms in total. The number of carbonyl (C=O) groups is 1. The maximum atomic E-state index is 11.9. The van der Waals surface area contributed by atoms with E-state index in [0.717, 1.165) is 22.0 Å². The van der Waals surface area contributed by atoms with E-state index >= 15 is 0 Å². The van der Waals surface area contributed by atoms with Gasteiger partial charge in [-0.2, -0.15) is 0 Å². The SMILES string of the molecule is CO[C@@](CC(C)C)(c1ccccc1I)N(C(=O)O)C1CC1. The highest BCUT2D eigenvalue weighted by Crippen LogP contribution is 2.44. The Morgan fingerprint density at radius 1 is 1.48 bits per heavy atom. The minimum absolute atomic E-state index is 0.0669. The number of hydrogen-bond donors (Lipinski definition) is 1. The number of rotatable bonds is 6. The summed E-state index contributed by atoms with van der Waals surface area (Å²) in [5.74, 6) is 0.321. The van der Waals surface area contributed by atoms with Crippen LogP contribution in [0.15, 0.2) is 24.3 Å². The fraction of sp³-hybridized carbons (Fsp3) is 0.562. The first-order valence-corrected chi connectivity index (χ1v) is 8.32. The van der Waals surface area contributed by atoms with Crippen molar-refractivity contribution in [2.45, 2.75) is 44.9 Å². The summed E-state index contributed by atoms with van der Waals surface area (Å²) in [4.78, 5) is 13.4. The third-order valence-corrected chi connectivity index (χ3v) is 4.77. The minimum Gasteiger partial charge on any atom is -0.465 e. The van der Waals surface area contributed by atoms with Gasteiger partial charge in [-0.15, -0.1) is 0 Å². The third kappa shape index (κ3) is 3.34. The predicted molar refractivity (Wildman–Crippen MR) is 90.2 cm³/mol. The molecule has 1 atom stereocenters. The number of methoxy groups -OCH3 is 1. The number of nitrogens with zero attached hydrogens (tertiary/aromatic N) is 1. The van der Waals surface area contributed by atoms with Crippen molar-refractivity contribution in [2.75, 3.05) is 7.11 Å². The normalized spacial score (nSPS) is 17.6. The molecule has 0 heterocycles. The van der Waals surface area contributed by atoms with E-state index in [1.807, 2.05) is 24.3 Å². The average molecular weight is 403 g/mol. The first-order chi connectivity index (χ1) is 9.92. The van der Waals surface area contributed by atoms with E-state index in [1.165, 1.54) is 4.90 Å². The van der Waals surface area contributed by atoms with Crippen molar-refractivity contribution in [2.24, 2.45) is 5.92 Å². The molecule has 1 aliphatic rings. The van der Waals surface area contributed by atoms with Crippen LogP contribution in [0.1, 0.15) is 38.7 Å². The van der Waals surface area contributed by atoms with Crippen molar-refractivity contribution in [3.8, 4) is 0 Å².